The molecule has 19 heavy (non-hydrogen) atoms. The predicted octanol–water partition coefficient (Wildman–Crippen LogP) is 2.33. The van der Waals surface area contributed by atoms with E-state index in [1.54, 1.807) is 12.1 Å². The third-order valence-corrected chi connectivity index (χ3v) is 2.46. The lowest BCUT2D eigenvalue weighted by Crippen LogP contribution is -2.05. The van der Waals surface area contributed by atoms with Crippen molar-refractivity contribution < 1.29 is 13.9 Å². The van der Waals surface area contributed by atoms with Crippen molar-refractivity contribution >= 4 is 23.2 Å². The number of benzene rings is 1. The molecule has 1 aromatic carbocycles. The number of rotatable bonds is 3. The number of nitrogens with zero attached hydrogens (tertiary/aromatic N) is 1. The highest BCUT2D eigenvalue weighted by Gasteiger charge is 2.09. The minimum Gasteiger partial charge on any atom is -0.465 e. The van der Waals surface area contributed by atoms with Crippen LogP contribution in [-0.2, 0) is 4.74 Å². The zero-order valence-electron chi connectivity index (χ0n) is 10.2. The summed E-state index contributed by atoms with van der Waals surface area (Å²) in [5, 5.41) is 2.96. The molecule has 6 heteroatoms. The molecule has 0 radical (unpaired) electrons. The zero-order valence-corrected chi connectivity index (χ0v) is 10.2. The van der Waals surface area contributed by atoms with Crippen molar-refractivity contribution in [2.75, 3.05) is 18.2 Å². The molecule has 0 spiro atoms. The number of nitrogens with one attached hydrogen (secondary N) is 1. The number of halogens is 1. The van der Waals surface area contributed by atoms with Crippen molar-refractivity contribution in [3.8, 4) is 0 Å². The fourth-order valence-electron chi connectivity index (χ4n) is 1.49. The zero-order chi connectivity index (χ0) is 13.8. The number of ether oxygens (including phenoxy) is 1. The summed E-state index contributed by atoms with van der Waals surface area (Å²) in [7, 11) is 1.28. The van der Waals surface area contributed by atoms with Crippen molar-refractivity contribution in [3.63, 3.8) is 0 Å². The predicted molar refractivity (Wildman–Crippen MR) is 69.7 cm³/mol. The van der Waals surface area contributed by atoms with E-state index in [2.05, 4.69) is 15.0 Å². The number of methoxy groups -OCH3 is 1. The Bertz CT molecular complexity index is 599. The average molecular weight is 261 g/mol. The van der Waals surface area contributed by atoms with Gasteiger partial charge in [0.25, 0.3) is 0 Å². The van der Waals surface area contributed by atoms with Crippen molar-refractivity contribution in [3.05, 3.63) is 47.9 Å². The molecule has 5 nitrogen and oxygen atoms in total. The molecular formula is C13H12FN3O2. The van der Waals surface area contributed by atoms with E-state index in [-0.39, 0.29) is 17.2 Å². The maximum absolute atomic E-state index is 12.8. The Labute approximate surface area is 109 Å². The molecule has 0 saturated heterocycles. The maximum Gasteiger partial charge on any atom is 0.339 e. The Hall–Kier alpha value is -2.63. The quantitative estimate of drug-likeness (QED) is 0.829. The van der Waals surface area contributed by atoms with Crippen LogP contribution in [0.15, 0.2) is 36.5 Å². The van der Waals surface area contributed by atoms with Gasteiger partial charge in [-0.1, -0.05) is 0 Å². The molecule has 3 N–H and O–H groups in total. The molecule has 0 aliphatic heterocycles. The molecule has 0 atom stereocenters. The summed E-state index contributed by atoms with van der Waals surface area (Å²) in [6, 6.07) is 7.27. The van der Waals surface area contributed by atoms with Crippen LogP contribution >= 0.6 is 0 Å². The van der Waals surface area contributed by atoms with Crippen LogP contribution in [0.5, 0.6) is 0 Å². The van der Waals surface area contributed by atoms with Crippen LogP contribution in [0.2, 0.25) is 0 Å². The number of aromatic nitrogens is 1. The van der Waals surface area contributed by atoms with Crippen LogP contribution < -0.4 is 11.1 Å². The molecule has 0 bridgehead atoms. The van der Waals surface area contributed by atoms with Crippen molar-refractivity contribution in [1.82, 2.24) is 4.98 Å². The number of esters is 1. The van der Waals surface area contributed by atoms with Crippen LogP contribution in [0.3, 0.4) is 0 Å². The molecule has 2 rings (SSSR count). The molecular weight excluding hydrogens is 249 g/mol. The highest BCUT2D eigenvalue weighted by atomic mass is 19.1. The summed E-state index contributed by atoms with van der Waals surface area (Å²) >= 11 is 0. The van der Waals surface area contributed by atoms with Crippen molar-refractivity contribution in [1.29, 1.82) is 0 Å². The second-order valence-corrected chi connectivity index (χ2v) is 3.78. The Morgan fingerprint density at radius 1 is 1.37 bits per heavy atom. The van der Waals surface area contributed by atoms with Gasteiger partial charge >= 0.3 is 5.97 Å². The summed E-state index contributed by atoms with van der Waals surface area (Å²) in [4.78, 5) is 15.3. The second-order valence-electron chi connectivity index (χ2n) is 3.78. The van der Waals surface area contributed by atoms with Crippen molar-refractivity contribution in [2.45, 2.75) is 0 Å². The Balaban J connectivity index is 2.28. The summed E-state index contributed by atoms with van der Waals surface area (Å²) in [5.74, 6) is -0.605. The first kappa shape index (κ1) is 12.8. The Kier molecular flexibility index (Phi) is 3.61. The third-order valence-electron chi connectivity index (χ3n) is 2.46. The van der Waals surface area contributed by atoms with E-state index < -0.39 is 5.97 Å². The van der Waals surface area contributed by atoms with Gasteiger partial charge in [-0.25, -0.2) is 14.2 Å². The topological polar surface area (TPSA) is 77.2 Å². The van der Waals surface area contributed by atoms with Gasteiger partial charge in [0.15, 0.2) is 0 Å². The van der Waals surface area contributed by atoms with Gasteiger partial charge in [0.1, 0.15) is 11.6 Å². The molecule has 0 aliphatic carbocycles. The average Bonchev–Trinajstić information content (AvgIpc) is 2.43. The maximum atomic E-state index is 12.8. The summed E-state index contributed by atoms with van der Waals surface area (Å²) in [5.41, 5.74) is 7.08. The lowest BCUT2D eigenvalue weighted by molar-refractivity contribution is 0.0600. The van der Waals surface area contributed by atoms with E-state index in [9.17, 15) is 9.18 Å². The van der Waals surface area contributed by atoms with Gasteiger partial charge in [0.05, 0.1) is 18.4 Å². The van der Waals surface area contributed by atoms with Gasteiger partial charge in [-0.3, -0.25) is 0 Å². The number of carbonyl (C=O) groups is 1. The number of nitrogens with two attached hydrogens (primary N) is 1. The SMILES string of the molecule is COC(=O)c1cnc(N)c(Nc2ccc(F)cc2)c1. The molecule has 1 aromatic heterocycles. The first-order valence-corrected chi connectivity index (χ1v) is 5.46. The lowest BCUT2D eigenvalue weighted by atomic mass is 10.2. The second kappa shape index (κ2) is 5.34. The highest BCUT2D eigenvalue weighted by Crippen LogP contribution is 2.22. The first-order valence-electron chi connectivity index (χ1n) is 5.46. The van der Waals surface area contributed by atoms with Gasteiger partial charge in [-0.15, -0.1) is 0 Å². The molecule has 2 aromatic rings. The number of anilines is 3. The molecule has 0 aliphatic rings. The van der Waals surface area contributed by atoms with Crippen LogP contribution in [0.1, 0.15) is 10.4 Å². The largest absolute Gasteiger partial charge is 0.465 e. The monoisotopic (exact) mass is 261 g/mol. The molecule has 0 unspecified atom stereocenters. The standard InChI is InChI=1S/C13H12FN3O2/c1-19-13(18)8-6-11(12(15)16-7-8)17-10-4-2-9(14)3-5-10/h2-7,17H,1H3,(H2,15,16). The molecule has 0 amide bonds. The summed E-state index contributed by atoms with van der Waals surface area (Å²) < 4.78 is 17.4. The van der Waals surface area contributed by atoms with Crippen LogP contribution in [0.4, 0.5) is 21.6 Å². The Morgan fingerprint density at radius 3 is 2.68 bits per heavy atom. The van der Waals surface area contributed by atoms with Gasteiger partial charge in [0.2, 0.25) is 0 Å². The van der Waals surface area contributed by atoms with E-state index in [0.717, 1.165) is 0 Å². The third kappa shape index (κ3) is 2.98. The summed E-state index contributed by atoms with van der Waals surface area (Å²) in [6.45, 7) is 0. The molecule has 0 saturated carbocycles. The van der Waals surface area contributed by atoms with E-state index >= 15 is 0 Å². The van der Waals surface area contributed by atoms with Crippen LogP contribution in [0.25, 0.3) is 0 Å². The number of pyridine rings is 1. The van der Waals surface area contributed by atoms with Crippen LogP contribution in [0, 0.1) is 5.82 Å². The minimum atomic E-state index is -0.505. The lowest BCUT2D eigenvalue weighted by Gasteiger charge is -2.09. The van der Waals surface area contributed by atoms with E-state index in [4.69, 9.17) is 5.73 Å². The fourth-order valence-corrected chi connectivity index (χ4v) is 1.49. The fraction of sp³-hybridized carbons (Fsp3) is 0.0769. The number of carbonyl (C=O) groups excluding carboxylic acids is 1. The molecule has 1 heterocycles. The Morgan fingerprint density at radius 2 is 2.05 bits per heavy atom. The number of hydrogen-bond donors (Lipinski definition) is 2. The van der Waals surface area contributed by atoms with Gasteiger partial charge < -0.3 is 15.8 Å². The smallest absolute Gasteiger partial charge is 0.339 e. The van der Waals surface area contributed by atoms with E-state index in [1.165, 1.54) is 31.5 Å². The van der Waals surface area contributed by atoms with E-state index in [1.807, 2.05) is 0 Å². The minimum absolute atomic E-state index is 0.233. The summed E-state index contributed by atoms with van der Waals surface area (Å²) in [6.07, 6.45) is 1.33. The number of nitrogen functional groups attached to an aromatic ring is 1. The van der Waals surface area contributed by atoms with Gasteiger partial charge in [-0.05, 0) is 30.3 Å². The van der Waals surface area contributed by atoms with Gasteiger partial charge in [-0.2, -0.15) is 0 Å². The van der Waals surface area contributed by atoms with Gasteiger partial charge in [0, 0.05) is 11.9 Å². The first-order chi connectivity index (χ1) is 9.10. The van der Waals surface area contributed by atoms with Crippen LogP contribution in [-0.4, -0.2) is 18.1 Å². The highest BCUT2D eigenvalue weighted by molar-refractivity contribution is 5.91. The van der Waals surface area contributed by atoms with E-state index in [0.29, 0.717) is 11.4 Å². The number of hydrogen-bond acceptors (Lipinski definition) is 5. The normalized spacial score (nSPS) is 10.0. The molecule has 0 fully saturated rings. The van der Waals surface area contributed by atoms with Crippen molar-refractivity contribution in [2.24, 2.45) is 0 Å². The molecule has 98 valence electrons.